The molecule has 0 rings (SSSR count). The molecular weight excluding hydrogens is 1130 g/mol. The number of carbonyl (C=O) groups excluding carboxylic acids is 4. The predicted molar refractivity (Wildman–Crippen MR) is 340 cm³/mol. The van der Waals surface area contributed by atoms with Crippen LogP contribution in [0.5, 0.6) is 0 Å². The maximum atomic E-state index is 13.0. The van der Waals surface area contributed by atoms with E-state index in [0.717, 1.165) is 115 Å². The topological polar surface area (TPSA) is 237 Å². The van der Waals surface area contributed by atoms with Gasteiger partial charge < -0.3 is 33.8 Å². The van der Waals surface area contributed by atoms with E-state index in [1.807, 2.05) is 0 Å². The molecule has 0 radical (unpaired) electrons. The zero-order chi connectivity index (χ0) is 62.9. The molecule has 0 bridgehead atoms. The highest BCUT2D eigenvalue weighted by Gasteiger charge is 2.30. The molecule has 0 saturated carbocycles. The van der Waals surface area contributed by atoms with Crippen molar-refractivity contribution in [3.8, 4) is 0 Å². The molecular formula is C66H128O17P2. The minimum absolute atomic E-state index is 0.102. The van der Waals surface area contributed by atoms with Crippen LogP contribution in [0.1, 0.15) is 330 Å². The van der Waals surface area contributed by atoms with Crippen LogP contribution in [0, 0.1) is 11.8 Å². The molecule has 17 nitrogen and oxygen atoms in total. The summed E-state index contributed by atoms with van der Waals surface area (Å²) in [6.07, 6.45) is 42.2. The Morgan fingerprint density at radius 1 is 0.341 bits per heavy atom. The van der Waals surface area contributed by atoms with Crippen LogP contribution in [-0.2, 0) is 65.4 Å². The Morgan fingerprint density at radius 2 is 0.600 bits per heavy atom. The van der Waals surface area contributed by atoms with Crippen molar-refractivity contribution < 1.29 is 80.2 Å². The Labute approximate surface area is 517 Å². The fourth-order valence-corrected chi connectivity index (χ4v) is 11.4. The molecule has 85 heavy (non-hydrogen) atoms. The molecule has 0 aromatic heterocycles. The third-order valence-electron chi connectivity index (χ3n) is 15.6. The van der Waals surface area contributed by atoms with Crippen molar-refractivity contribution in [2.45, 2.75) is 349 Å². The Hall–Kier alpha value is -1.94. The van der Waals surface area contributed by atoms with Gasteiger partial charge in [-0.1, -0.05) is 279 Å². The summed E-state index contributed by atoms with van der Waals surface area (Å²) >= 11 is 0. The van der Waals surface area contributed by atoms with Gasteiger partial charge in [0.25, 0.3) is 0 Å². The first-order valence-electron chi connectivity index (χ1n) is 34.5. The number of phosphoric acid groups is 2. The number of hydrogen-bond donors (Lipinski definition) is 3. The van der Waals surface area contributed by atoms with Gasteiger partial charge in [-0.2, -0.15) is 0 Å². The maximum absolute atomic E-state index is 13.0. The molecule has 19 heteroatoms. The van der Waals surface area contributed by atoms with E-state index in [1.165, 1.54) is 128 Å². The second-order valence-electron chi connectivity index (χ2n) is 24.6. The first kappa shape index (κ1) is 83.1. The zero-order valence-corrected chi connectivity index (χ0v) is 56.7. The fraction of sp³-hybridized carbons (Fsp3) is 0.939. The molecule has 0 aliphatic carbocycles. The number of ether oxygens (including phenoxy) is 4. The van der Waals surface area contributed by atoms with Crippen molar-refractivity contribution in [1.82, 2.24) is 0 Å². The summed E-state index contributed by atoms with van der Waals surface area (Å²) in [6.45, 7) is 9.34. The molecule has 0 spiro atoms. The summed E-state index contributed by atoms with van der Waals surface area (Å²) in [5.41, 5.74) is 0. The maximum Gasteiger partial charge on any atom is 0.472 e. The lowest BCUT2D eigenvalue weighted by molar-refractivity contribution is -0.161. The highest BCUT2D eigenvalue weighted by molar-refractivity contribution is 7.47. The predicted octanol–water partition coefficient (Wildman–Crippen LogP) is 18.4. The molecule has 6 atom stereocenters. The SMILES string of the molecule is CCCCCCCCCCCCCCCCCCCCCC(=O)O[C@H](COC(=O)CCCCCCCCC(C)CC)COP(=O)(O)OC[C@@H](O)COP(=O)(O)OC[C@@H](COC(=O)CCCCCCCCC)OC(=O)CCCCCCCCC(C)C. The van der Waals surface area contributed by atoms with Gasteiger partial charge in [0.1, 0.15) is 19.3 Å². The average molecular weight is 1260 g/mol. The van der Waals surface area contributed by atoms with Gasteiger partial charge in [0.15, 0.2) is 12.2 Å². The molecule has 3 unspecified atom stereocenters. The highest BCUT2D eigenvalue weighted by atomic mass is 31.2. The van der Waals surface area contributed by atoms with Crippen molar-refractivity contribution in [3.63, 3.8) is 0 Å². The molecule has 3 N–H and O–H groups in total. The van der Waals surface area contributed by atoms with Crippen LogP contribution in [0.3, 0.4) is 0 Å². The van der Waals surface area contributed by atoms with Crippen LogP contribution < -0.4 is 0 Å². The van der Waals surface area contributed by atoms with Gasteiger partial charge in [-0.15, -0.1) is 0 Å². The van der Waals surface area contributed by atoms with Crippen molar-refractivity contribution in [1.29, 1.82) is 0 Å². The van der Waals surface area contributed by atoms with Crippen molar-refractivity contribution in [2.24, 2.45) is 11.8 Å². The number of unbranched alkanes of at least 4 members (excludes halogenated alkanes) is 34. The summed E-state index contributed by atoms with van der Waals surface area (Å²) in [4.78, 5) is 72.1. The number of aliphatic hydroxyl groups excluding tert-OH is 1. The third kappa shape index (κ3) is 59.5. The number of rotatable bonds is 65. The smallest absolute Gasteiger partial charge is 0.462 e. The van der Waals surface area contributed by atoms with Crippen molar-refractivity contribution in [3.05, 3.63) is 0 Å². The molecule has 0 heterocycles. The van der Waals surface area contributed by atoms with E-state index < -0.39 is 97.5 Å². The van der Waals surface area contributed by atoms with Gasteiger partial charge in [-0.3, -0.25) is 37.3 Å². The van der Waals surface area contributed by atoms with Gasteiger partial charge in [0, 0.05) is 25.7 Å². The number of phosphoric ester groups is 2. The molecule has 0 aliphatic heterocycles. The Balaban J connectivity index is 5.15. The second-order valence-corrected chi connectivity index (χ2v) is 27.5. The van der Waals surface area contributed by atoms with Gasteiger partial charge in [-0.25, -0.2) is 9.13 Å². The van der Waals surface area contributed by atoms with Crippen LogP contribution in [-0.4, -0.2) is 96.7 Å². The number of aliphatic hydroxyl groups is 1. The van der Waals surface area contributed by atoms with E-state index in [9.17, 15) is 43.2 Å². The van der Waals surface area contributed by atoms with E-state index in [0.29, 0.717) is 31.6 Å². The van der Waals surface area contributed by atoms with E-state index >= 15 is 0 Å². The second kappa shape index (κ2) is 58.4. The first-order chi connectivity index (χ1) is 40.9. The molecule has 0 aromatic rings. The summed E-state index contributed by atoms with van der Waals surface area (Å²) in [7, 11) is -9.88. The Kier molecular flexibility index (Phi) is 57.1. The van der Waals surface area contributed by atoms with Gasteiger partial charge in [0.05, 0.1) is 26.4 Å². The van der Waals surface area contributed by atoms with E-state index in [-0.39, 0.29) is 25.7 Å². The molecule has 0 aromatic carbocycles. The minimum atomic E-state index is -4.95. The van der Waals surface area contributed by atoms with Crippen LogP contribution >= 0.6 is 15.6 Å². The van der Waals surface area contributed by atoms with Crippen LogP contribution in [0.4, 0.5) is 0 Å². The minimum Gasteiger partial charge on any atom is -0.462 e. The molecule has 0 aliphatic rings. The highest BCUT2D eigenvalue weighted by Crippen LogP contribution is 2.45. The van der Waals surface area contributed by atoms with E-state index in [1.54, 1.807) is 0 Å². The van der Waals surface area contributed by atoms with Crippen molar-refractivity contribution >= 4 is 39.5 Å². The molecule has 0 amide bonds. The number of esters is 4. The monoisotopic (exact) mass is 1250 g/mol. The van der Waals surface area contributed by atoms with Crippen LogP contribution in [0.25, 0.3) is 0 Å². The first-order valence-corrected chi connectivity index (χ1v) is 37.5. The largest absolute Gasteiger partial charge is 0.472 e. The average Bonchev–Trinajstić information content (AvgIpc) is 3.48. The van der Waals surface area contributed by atoms with Crippen LogP contribution in [0.15, 0.2) is 0 Å². The Morgan fingerprint density at radius 3 is 0.894 bits per heavy atom. The van der Waals surface area contributed by atoms with Gasteiger partial charge >= 0.3 is 39.5 Å². The number of carbonyl (C=O) groups is 4. The van der Waals surface area contributed by atoms with Gasteiger partial charge in [0.2, 0.25) is 0 Å². The summed E-state index contributed by atoms with van der Waals surface area (Å²) in [6, 6.07) is 0. The molecule has 0 fully saturated rings. The summed E-state index contributed by atoms with van der Waals surface area (Å²) in [5.74, 6) is -0.741. The number of hydrogen-bond acceptors (Lipinski definition) is 15. The van der Waals surface area contributed by atoms with E-state index in [4.69, 9.17) is 37.0 Å². The fourth-order valence-electron chi connectivity index (χ4n) is 9.85. The van der Waals surface area contributed by atoms with E-state index in [2.05, 4.69) is 41.5 Å². The molecule has 504 valence electrons. The lowest BCUT2D eigenvalue weighted by Gasteiger charge is -2.21. The lowest BCUT2D eigenvalue weighted by atomic mass is 10.00. The van der Waals surface area contributed by atoms with Crippen molar-refractivity contribution in [2.75, 3.05) is 39.6 Å². The van der Waals surface area contributed by atoms with Gasteiger partial charge in [-0.05, 0) is 37.5 Å². The van der Waals surface area contributed by atoms with Crippen LogP contribution in [0.2, 0.25) is 0 Å². The summed E-state index contributed by atoms with van der Waals surface area (Å²) < 4.78 is 67.9. The normalized spacial score (nSPS) is 14.6. The Bertz CT molecular complexity index is 1670. The standard InChI is InChI=1S/C66H128O17P2/c1-7-10-12-14-16-17-18-19-20-21-22-23-24-25-26-27-29-38-44-50-65(70)82-61(55-77-64(69)49-43-37-33-31-35-41-47-59(6)9-3)56-80-84(72,73)78-52-60(67)53-79-85(74,75)81-57-62(54-76-63(68)48-42-36-28-15-13-11-8-2)83-66(71)51-45-39-32-30-34-40-46-58(4)5/h58-62,67H,7-57H2,1-6H3,(H,72,73)(H,74,75)/t59?,60-,61-,62-/m1/s1. The molecule has 0 saturated heterocycles. The lowest BCUT2D eigenvalue weighted by Crippen LogP contribution is -2.30. The summed E-state index contributed by atoms with van der Waals surface area (Å²) in [5, 5.41) is 10.5. The zero-order valence-electron chi connectivity index (χ0n) is 54.9. The third-order valence-corrected chi connectivity index (χ3v) is 17.5. The quantitative estimate of drug-likeness (QED) is 0.0222.